The maximum atomic E-state index is 10.8. The highest BCUT2D eigenvalue weighted by Crippen LogP contribution is 2.43. The monoisotopic (exact) mass is 264 g/mol. The minimum atomic E-state index is -0.765. The van der Waals surface area contributed by atoms with Crippen LogP contribution < -0.4 is 5.32 Å². The van der Waals surface area contributed by atoms with Crippen LogP contribution in [0.3, 0.4) is 0 Å². The summed E-state index contributed by atoms with van der Waals surface area (Å²) in [7, 11) is 0. The molecule has 0 aliphatic rings. The summed E-state index contributed by atoms with van der Waals surface area (Å²) in [4.78, 5) is 20.6. The summed E-state index contributed by atoms with van der Waals surface area (Å²) in [5.41, 5.74) is -0.651. The molecule has 1 amide bonds. The first-order valence-corrected chi connectivity index (χ1v) is 4.73. The number of halogens is 2. The van der Waals surface area contributed by atoms with Gasteiger partial charge in [-0.1, -0.05) is 23.2 Å². The fourth-order valence-electron chi connectivity index (χ4n) is 1.02. The van der Waals surface area contributed by atoms with Crippen molar-refractivity contribution in [2.24, 2.45) is 0 Å². The van der Waals surface area contributed by atoms with Crippen LogP contribution >= 0.6 is 23.2 Å². The topological polar surface area (TPSA) is 92.5 Å². The molecule has 1 rings (SSSR count). The van der Waals surface area contributed by atoms with E-state index in [1.54, 1.807) is 0 Å². The Labute approximate surface area is 99.9 Å². The van der Waals surface area contributed by atoms with Gasteiger partial charge in [-0.15, -0.1) is 0 Å². The van der Waals surface area contributed by atoms with Crippen molar-refractivity contribution in [1.82, 2.24) is 0 Å². The number of carbonyl (C=O) groups excluding carboxylic acids is 1. The van der Waals surface area contributed by atoms with Gasteiger partial charge in [0.05, 0.1) is 10.6 Å². The van der Waals surface area contributed by atoms with Crippen LogP contribution in [0.15, 0.2) is 6.07 Å². The van der Waals surface area contributed by atoms with Crippen LogP contribution in [0.4, 0.5) is 11.4 Å². The largest absolute Gasteiger partial charge is 0.504 e. The molecule has 0 bridgehead atoms. The summed E-state index contributed by atoms with van der Waals surface area (Å²) in [5.74, 6) is -1.00. The van der Waals surface area contributed by atoms with Gasteiger partial charge in [-0.3, -0.25) is 14.9 Å². The molecule has 0 radical (unpaired) electrons. The zero-order chi connectivity index (χ0) is 12.5. The molecule has 0 fully saturated rings. The van der Waals surface area contributed by atoms with E-state index in [2.05, 4.69) is 5.32 Å². The minimum absolute atomic E-state index is 0.159. The average molecular weight is 265 g/mol. The standard InChI is InChI=1S/C8H6Cl2N2O4/c1-3(13)11-4-2-5(12(15)16)6(9)7(10)8(4)14/h2,14H,1H3,(H,11,13). The average Bonchev–Trinajstić information content (AvgIpc) is 2.18. The third-order valence-corrected chi connectivity index (χ3v) is 2.52. The number of amides is 1. The van der Waals surface area contributed by atoms with E-state index in [1.165, 1.54) is 6.92 Å². The first kappa shape index (κ1) is 12.5. The van der Waals surface area contributed by atoms with E-state index >= 15 is 0 Å². The number of nitro benzene ring substituents is 1. The quantitative estimate of drug-likeness (QED) is 0.488. The van der Waals surface area contributed by atoms with E-state index < -0.39 is 22.3 Å². The van der Waals surface area contributed by atoms with Crippen LogP contribution in [0.5, 0.6) is 5.75 Å². The Hall–Kier alpha value is -1.53. The zero-order valence-electron chi connectivity index (χ0n) is 7.95. The molecule has 6 nitrogen and oxygen atoms in total. The molecule has 8 heteroatoms. The number of rotatable bonds is 2. The third kappa shape index (κ3) is 2.34. The number of anilines is 1. The molecule has 0 spiro atoms. The van der Waals surface area contributed by atoms with Gasteiger partial charge < -0.3 is 10.4 Å². The number of carbonyl (C=O) groups is 1. The first-order chi connectivity index (χ1) is 7.34. The Bertz CT molecular complexity index is 476. The summed E-state index contributed by atoms with van der Waals surface area (Å²) >= 11 is 11.1. The Morgan fingerprint density at radius 3 is 2.50 bits per heavy atom. The number of aromatic hydroxyl groups is 1. The molecule has 0 heterocycles. The minimum Gasteiger partial charge on any atom is -0.504 e. The molecule has 0 aromatic heterocycles. The second-order valence-corrected chi connectivity index (χ2v) is 3.61. The lowest BCUT2D eigenvalue weighted by Crippen LogP contribution is -2.06. The van der Waals surface area contributed by atoms with Crippen LogP contribution in [0.2, 0.25) is 10.0 Å². The van der Waals surface area contributed by atoms with Crippen LogP contribution in [-0.2, 0) is 4.79 Å². The molecule has 86 valence electrons. The Morgan fingerprint density at radius 1 is 1.50 bits per heavy atom. The van der Waals surface area contributed by atoms with Gasteiger partial charge in [0, 0.05) is 13.0 Å². The highest BCUT2D eigenvalue weighted by Gasteiger charge is 2.22. The number of phenolic OH excluding ortho intramolecular Hbond substituents is 1. The van der Waals surface area contributed by atoms with Crippen molar-refractivity contribution in [3.05, 3.63) is 26.2 Å². The van der Waals surface area contributed by atoms with E-state index in [0.29, 0.717) is 0 Å². The molecule has 0 aliphatic heterocycles. The summed E-state index contributed by atoms with van der Waals surface area (Å²) in [5, 5.41) is 21.5. The van der Waals surface area contributed by atoms with E-state index in [0.717, 1.165) is 6.07 Å². The van der Waals surface area contributed by atoms with Crippen LogP contribution in [0.1, 0.15) is 6.92 Å². The molecular formula is C8H6Cl2N2O4. The Balaban J connectivity index is 3.40. The maximum absolute atomic E-state index is 10.8. The summed E-state index contributed by atoms with van der Waals surface area (Å²) in [6.07, 6.45) is 0. The number of nitrogens with zero attached hydrogens (tertiary/aromatic N) is 1. The van der Waals surface area contributed by atoms with Gasteiger partial charge in [0.2, 0.25) is 5.91 Å². The lowest BCUT2D eigenvalue weighted by atomic mass is 10.2. The molecule has 0 aliphatic carbocycles. The molecule has 0 unspecified atom stereocenters. The second kappa shape index (κ2) is 4.54. The first-order valence-electron chi connectivity index (χ1n) is 3.97. The van der Waals surface area contributed by atoms with Crippen molar-refractivity contribution in [3.8, 4) is 5.75 Å². The predicted molar refractivity (Wildman–Crippen MR) is 59.1 cm³/mol. The van der Waals surface area contributed by atoms with Gasteiger partial charge in [-0.2, -0.15) is 0 Å². The van der Waals surface area contributed by atoms with Gasteiger partial charge >= 0.3 is 0 Å². The van der Waals surface area contributed by atoms with Crippen molar-refractivity contribution in [2.75, 3.05) is 5.32 Å². The lowest BCUT2D eigenvalue weighted by Gasteiger charge is -2.08. The van der Waals surface area contributed by atoms with Crippen molar-refractivity contribution < 1.29 is 14.8 Å². The molecule has 1 aromatic carbocycles. The number of hydrogen-bond acceptors (Lipinski definition) is 4. The molecule has 16 heavy (non-hydrogen) atoms. The Morgan fingerprint density at radius 2 is 2.06 bits per heavy atom. The molecule has 1 aromatic rings. The SMILES string of the molecule is CC(=O)Nc1cc([N+](=O)[O-])c(Cl)c(Cl)c1O. The summed E-state index contributed by atoms with van der Waals surface area (Å²) in [6, 6.07) is 0.935. The van der Waals surface area contributed by atoms with Gasteiger partial charge in [-0.05, 0) is 0 Å². The lowest BCUT2D eigenvalue weighted by molar-refractivity contribution is -0.384. The number of nitro groups is 1. The van der Waals surface area contributed by atoms with E-state index in [9.17, 15) is 20.0 Å². The van der Waals surface area contributed by atoms with E-state index in [4.69, 9.17) is 23.2 Å². The van der Waals surface area contributed by atoms with Gasteiger partial charge in [0.15, 0.2) is 5.75 Å². The third-order valence-electron chi connectivity index (χ3n) is 1.67. The molecule has 2 N–H and O–H groups in total. The van der Waals surface area contributed by atoms with Crippen molar-refractivity contribution in [2.45, 2.75) is 6.92 Å². The Kier molecular flexibility index (Phi) is 3.56. The fourth-order valence-corrected chi connectivity index (χ4v) is 1.43. The molecule has 0 saturated carbocycles. The normalized spacial score (nSPS) is 9.94. The smallest absolute Gasteiger partial charge is 0.291 e. The predicted octanol–water partition coefficient (Wildman–Crippen LogP) is 2.57. The maximum Gasteiger partial charge on any atom is 0.291 e. The van der Waals surface area contributed by atoms with Gasteiger partial charge in [-0.25, -0.2) is 0 Å². The number of benzene rings is 1. The molecular weight excluding hydrogens is 259 g/mol. The van der Waals surface area contributed by atoms with Crippen molar-refractivity contribution in [1.29, 1.82) is 0 Å². The zero-order valence-corrected chi connectivity index (χ0v) is 9.46. The van der Waals surface area contributed by atoms with Crippen LogP contribution in [-0.4, -0.2) is 15.9 Å². The van der Waals surface area contributed by atoms with Gasteiger partial charge in [0.1, 0.15) is 10.0 Å². The molecule has 0 atom stereocenters. The highest BCUT2D eigenvalue weighted by atomic mass is 35.5. The van der Waals surface area contributed by atoms with Crippen molar-refractivity contribution in [3.63, 3.8) is 0 Å². The van der Waals surface area contributed by atoms with Crippen LogP contribution in [0.25, 0.3) is 0 Å². The van der Waals surface area contributed by atoms with Crippen LogP contribution in [0, 0.1) is 10.1 Å². The molecule has 0 saturated heterocycles. The van der Waals surface area contributed by atoms with Gasteiger partial charge in [0.25, 0.3) is 5.69 Å². The second-order valence-electron chi connectivity index (χ2n) is 2.86. The van der Waals surface area contributed by atoms with Crippen molar-refractivity contribution >= 4 is 40.5 Å². The summed E-state index contributed by atoms with van der Waals surface area (Å²) in [6.45, 7) is 1.19. The van der Waals surface area contributed by atoms with E-state index in [1.807, 2.05) is 0 Å². The number of nitrogens with one attached hydrogen (secondary N) is 1. The number of hydrogen-bond donors (Lipinski definition) is 2. The highest BCUT2D eigenvalue weighted by molar-refractivity contribution is 6.44. The number of phenols is 1. The van der Waals surface area contributed by atoms with E-state index in [-0.39, 0.29) is 15.7 Å². The fraction of sp³-hybridized carbons (Fsp3) is 0.125. The summed E-state index contributed by atoms with van der Waals surface area (Å²) < 4.78 is 0.